The molecule has 0 atom stereocenters. The number of rotatable bonds is 5. The highest BCUT2D eigenvalue weighted by Crippen LogP contribution is 2.22. The van der Waals surface area contributed by atoms with Gasteiger partial charge in [-0.1, -0.05) is 0 Å². The highest BCUT2D eigenvalue weighted by Gasteiger charge is 2.31. The molecule has 0 saturated heterocycles. The number of aliphatic carboxylic acids is 1. The molecule has 0 aliphatic rings. The predicted octanol–water partition coefficient (Wildman–Crippen LogP) is 1.91. The first-order valence-electron chi connectivity index (χ1n) is 5.61. The molecule has 0 aliphatic heterocycles. The summed E-state index contributed by atoms with van der Waals surface area (Å²) in [5.74, 6) is -1.15. The predicted molar refractivity (Wildman–Crippen MR) is 69.4 cm³/mol. The Balaban J connectivity index is 2.59. The lowest BCUT2D eigenvalue weighted by Crippen LogP contribution is -2.34. The molecule has 0 spiro atoms. The first-order valence-corrected chi connectivity index (χ1v) is 6.48. The molecule has 1 rings (SSSR count). The zero-order valence-electron chi connectivity index (χ0n) is 11.1. The molecular formula is C12H18N2O3S. The van der Waals surface area contributed by atoms with E-state index in [4.69, 9.17) is 5.11 Å². The number of carbonyl (C=O) groups excluding carboxylic acids is 1. The van der Waals surface area contributed by atoms with Crippen molar-refractivity contribution in [3.05, 3.63) is 16.1 Å². The van der Waals surface area contributed by atoms with Gasteiger partial charge in [0.15, 0.2) is 0 Å². The first kappa shape index (κ1) is 14.6. The highest BCUT2D eigenvalue weighted by atomic mass is 32.1. The number of carboxylic acids is 1. The zero-order valence-corrected chi connectivity index (χ0v) is 11.9. The van der Waals surface area contributed by atoms with Crippen LogP contribution in [0.5, 0.6) is 0 Å². The van der Waals surface area contributed by atoms with E-state index >= 15 is 0 Å². The fourth-order valence-electron chi connectivity index (χ4n) is 1.40. The molecule has 1 N–H and O–H groups in total. The fraction of sp³-hybridized carbons (Fsp3) is 0.583. The van der Waals surface area contributed by atoms with Gasteiger partial charge in [-0.3, -0.25) is 9.59 Å². The maximum absolute atomic E-state index is 11.9. The molecule has 1 amide bonds. The molecule has 1 heterocycles. The van der Waals surface area contributed by atoms with Crippen LogP contribution >= 0.6 is 11.3 Å². The van der Waals surface area contributed by atoms with Crippen LogP contribution < -0.4 is 0 Å². The van der Waals surface area contributed by atoms with Crippen molar-refractivity contribution in [2.45, 2.75) is 33.7 Å². The molecule has 0 aromatic carbocycles. The van der Waals surface area contributed by atoms with Crippen LogP contribution in [-0.4, -0.2) is 33.9 Å². The molecule has 6 heteroatoms. The van der Waals surface area contributed by atoms with E-state index in [1.807, 2.05) is 12.3 Å². The number of aromatic nitrogens is 1. The van der Waals surface area contributed by atoms with E-state index in [0.717, 1.165) is 10.7 Å². The van der Waals surface area contributed by atoms with E-state index < -0.39 is 11.4 Å². The number of thiazole rings is 1. The second-order valence-electron chi connectivity index (χ2n) is 4.97. The Kier molecular flexibility index (Phi) is 4.45. The molecule has 100 valence electrons. The Morgan fingerprint density at radius 3 is 2.56 bits per heavy atom. The summed E-state index contributed by atoms with van der Waals surface area (Å²) in [6, 6.07) is 0. The van der Waals surface area contributed by atoms with Crippen molar-refractivity contribution >= 4 is 23.2 Å². The van der Waals surface area contributed by atoms with Gasteiger partial charge in [-0.2, -0.15) is 0 Å². The van der Waals surface area contributed by atoms with Gasteiger partial charge >= 0.3 is 5.97 Å². The van der Waals surface area contributed by atoms with Gasteiger partial charge in [0.25, 0.3) is 0 Å². The van der Waals surface area contributed by atoms with Crippen LogP contribution in [0.3, 0.4) is 0 Å². The van der Waals surface area contributed by atoms with Crippen LogP contribution in [0.1, 0.15) is 31.0 Å². The number of amides is 1. The zero-order chi connectivity index (χ0) is 13.9. The summed E-state index contributed by atoms with van der Waals surface area (Å²) in [6.07, 6.45) is -0.0120. The largest absolute Gasteiger partial charge is 0.481 e. The SMILES string of the molecule is Cc1nc(CN(C)C(=O)CC(C)(C)C(=O)O)cs1. The summed E-state index contributed by atoms with van der Waals surface area (Å²) in [5.41, 5.74) is -0.204. The lowest BCUT2D eigenvalue weighted by molar-refractivity contribution is -0.151. The average Bonchev–Trinajstić information content (AvgIpc) is 2.63. The number of hydrogen-bond donors (Lipinski definition) is 1. The Hall–Kier alpha value is -1.43. The van der Waals surface area contributed by atoms with Crippen molar-refractivity contribution in [1.29, 1.82) is 0 Å². The van der Waals surface area contributed by atoms with E-state index in [9.17, 15) is 9.59 Å². The minimum atomic E-state index is -1.04. The quantitative estimate of drug-likeness (QED) is 0.887. The van der Waals surface area contributed by atoms with Crippen LogP contribution in [0.15, 0.2) is 5.38 Å². The van der Waals surface area contributed by atoms with E-state index in [1.54, 1.807) is 20.9 Å². The van der Waals surface area contributed by atoms with Gasteiger partial charge in [0.2, 0.25) is 5.91 Å². The Labute approximate surface area is 110 Å². The van der Waals surface area contributed by atoms with Crippen molar-refractivity contribution in [2.75, 3.05) is 7.05 Å². The molecular weight excluding hydrogens is 252 g/mol. The molecule has 1 aromatic heterocycles. The summed E-state index contributed by atoms with van der Waals surface area (Å²) in [4.78, 5) is 28.7. The van der Waals surface area contributed by atoms with E-state index in [2.05, 4.69) is 4.98 Å². The maximum atomic E-state index is 11.9. The standard InChI is InChI=1S/C12H18N2O3S/c1-8-13-9(7-18-8)6-14(4)10(15)5-12(2,3)11(16)17/h7H,5-6H2,1-4H3,(H,16,17). The molecule has 0 bridgehead atoms. The van der Waals surface area contributed by atoms with Gasteiger partial charge in [-0.05, 0) is 20.8 Å². The molecule has 0 saturated carbocycles. The average molecular weight is 270 g/mol. The summed E-state index contributed by atoms with van der Waals surface area (Å²) >= 11 is 1.53. The van der Waals surface area contributed by atoms with Gasteiger partial charge in [0.05, 0.1) is 22.7 Å². The third-order valence-corrected chi connectivity index (χ3v) is 3.49. The van der Waals surface area contributed by atoms with Crippen molar-refractivity contribution in [3.8, 4) is 0 Å². The summed E-state index contributed by atoms with van der Waals surface area (Å²) in [6.45, 7) is 5.42. The smallest absolute Gasteiger partial charge is 0.309 e. The van der Waals surface area contributed by atoms with Crippen molar-refractivity contribution < 1.29 is 14.7 Å². The summed E-state index contributed by atoms with van der Waals surface area (Å²) < 4.78 is 0. The van der Waals surface area contributed by atoms with Crippen LogP contribution in [0.2, 0.25) is 0 Å². The van der Waals surface area contributed by atoms with E-state index in [1.165, 1.54) is 16.2 Å². The van der Waals surface area contributed by atoms with Gasteiger partial charge in [0.1, 0.15) is 0 Å². The minimum absolute atomic E-state index is 0.0120. The van der Waals surface area contributed by atoms with Crippen LogP contribution in [-0.2, 0) is 16.1 Å². The lowest BCUT2D eigenvalue weighted by atomic mass is 9.89. The normalized spacial score (nSPS) is 11.3. The molecule has 5 nitrogen and oxygen atoms in total. The molecule has 0 fully saturated rings. The molecule has 0 aliphatic carbocycles. The maximum Gasteiger partial charge on any atom is 0.309 e. The number of nitrogens with zero attached hydrogens (tertiary/aromatic N) is 2. The molecule has 0 unspecified atom stereocenters. The number of aryl methyl sites for hydroxylation is 1. The molecule has 18 heavy (non-hydrogen) atoms. The Morgan fingerprint density at radius 1 is 1.50 bits per heavy atom. The molecule has 0 radical (unpaired) electrons. The van der Waals surface area contributed by atoms with Crippen LogP contribution in [0, 0.1) is 12.3 Å². The Bertz CT molecular complexity index is 454. The minimum Gasteiger partial charge on any atom is -0.481 e. The fourth-order valence-corrected chi connectivity index (χ4v) is 2.00. The van der Waals surface area contributed by atoms with E-state index in [0.29, 0.717) is 6.54 Å². The number of carboxylic acid groups (broad SMARTS) is 1. The Morgan fingerprint density at radius 2 is 2.11 bits per heavy atom. The van der Waals surface area contributed by atoms with Gasteiger partial charge in [0, 0.05) is 18.8 Å². The van der Waals surface area contributed by atoms with E-state index in [-0.39, 0.29) is 12.3 Å². The lowest BCUT2D eigenvalue weighted by Gasteiger charge is -2.22. The second kappa shape index (κ2) is 5.48. The second-order valence-corrected chi connectivity index (χ2v) is 6.04. The van der Waals surface area contributed by atoms with Gasteiger partial charge in [-0.25, -0.2) is 4.98 Å². The van der Waals surface area contributed by atoms with Crippen molar-refractivity contribution in [3.63, 3.8) is 0 Å². The van der Waals surface area contributed by atoms with Crippen LogP contribution in [0.4, 0.5) is 0 Å². The summed E-state index contributed by atoms with van der Waals surface area (Å²) in [7, 11) is 1.66. The summed E-state index contributed by atoms with van der Waals surface area (Å²) in [5, 5.41) is 11.8. The van der Waals surface area contributed by atoms with Gasteiger partial charge in [-0.15, -0.1) is 11.3 Å². The first-order chi connectivity index (χ1) is 8.22. The topological polar surface area (TPSA) is 70.5 Å². The van der Waals surface area contributed by atoms with Crippen molar-refractivity contribution in [1.82, 2.24) is 9.88 Å². The van der Waals surface area contributed by atoms with Gasteiger partial charge < -0.3 is 10.0 Å². The highest BCUT2D eigenvalue weighted by molar-refractivity contribution is 7.09. The third-order valence-electron chi connectivity index (χ3n) is 2.66. The van der Waals surface area contributed by atoms with Crippen LogP contribution in [0.25, 0.3) is 0 Å². The monoisotopic (exact) mass is 270 g/mol. The third kappa shape index (κ3) is 3.80. The number of hydrogen-bond acceptors (Lipinski definition) is 4. The molecule has 1 aromatic rings. The van der Waals surface area contributed by atoms with Crippen molar-refractivity contribution in [2.24, 2.45) is 5.41 Å². The number of carbonyl (C=O) groups is 2.